The molecule has 0 atom stereocenters. The van der Waals surface area contributed by atoms with E-state index in [2.05, 4.69) is 25.6 Å². The number of nitrogen functional groups attached to an aromatic ring is 1. The number of para-hydroxylation sites is 1. The lowest BCUT2D eigenvalue weighted by atomic mass is 10.2. The molecule has 4 rings (SSSR count). The van der Waals surface area contributed by atoms with Gasteiger partial charge in [0.25, 0.3) is 0 Å². The van der Waals surface area contributed by atoms with Gasteiger partial charge in [0.2, 0.25) is 0 Å². The summed E-state index contributed by atoms with van der Waals surface area (Å²) in [5.74, 6) is 1.09. The van der Waals surface area contributed by atoms with Crippen LogP contribution in [0.4, 0.5) is 28.1 Å². The lowest BCUT2D eigenvalue weighted by Crippen LogP contribution is -2.05. The zero-order chi connectivity index (χ0) is 17.2. The van der Waals surface area contributed by atoms with Crippen LogP contribution < -0.4 is 16.4 Å². The molecule has 6 nitrogen and oxygen atoms in total. The fourth-order valence-corrected chi connectivity index (χ4v) is 3.26. The number of hydrogen-bond donors (Lipinski definition) is 3. The third kappa shape index (κ3) is 3.22. The van der Waals surface area contributed by atoms with Gasteiger partial charge >= 0.3 is 0 Å². The Labute approximate surface area is 148 Å². The molecule has 0 aliphatic rings. The molecule has 2 aromatic heterocycles. The first-order valence-corrected chi connectivity index (χ1v) is 8.57. The standard InChI is InChI=1S/C18H16N6S/c1-11-6-8-12(9-7-11)22-16-15(19)17(21-10-20-16)24-18-23-13-4-2-3-5-14(13)25-18/h2-10H,19H2,1H3,(H2,20,21,22,23,24). The van der Waals surface area contributed by atoms with E-state index in [0.717, 1.165) is 21.0 Å². The number of fused-ring (bicyclic) bond motifs is 1. The van der Waals surface area contributed by atoms with Crippen molar-refractivity contribution in [3.05, 3.63) is 60.4 Å². The van der Waals surface area contributed by atoms with E-state index < -0.39 is 0 Å². The maximum atomic E-state index is 6.23. The van der Waals surface area contributed by atoms with Crippen LogP contribution in [0, 0.1) is 6.92 Å². The summed E-state index contributed by atoms with van der Waals surface area (Å²) >= 11 is 1.55. The Bertz CT molecular complexity index is 992. The Morgan fingerprint density at radius 1 is 0.920 bits per heavy atom. The second-order valence-electron chi connectivity index (χ2n) is 5.59. The second-order valence-corrected chi connectivity index (χ2v) is 6.62. The van der Waals surface area contributed by atoms with E-state index in [1.807, 2.05) is 55.5 Å². The average Bonchev–Trinajstić information content (AvgIpc) is 3.03. The summed E-state index contributed by atoms with van der Waals surface area (Å²) in [6.07, 6.45) is 1.47. The summed E-state index contributed by atoms with van der Waals surface area (Å²) in [5, 5.41) is 7.15. The fourth-order valence-electron chi connectivity index (χ4n) is 2.40. The molecule has 0 bridgehead atoms. The van der Waals surface area contributed by atoms with Gasteiger partial charge in [-0.25, -0.2) is 15.0 Å². The molecular weight excluding hydrogens is 332 g/mol. The number of nitrogens with two attached hydrogens (primary N) is 1. The zero-order valence-electron chi connectivity index (χ0n) is 13.5. The highest BCUT2D eigenvalue weighted by atomic mass is 32.1. The molecule has 0 amide bonds. The summed E-state index contributed by atoms with van der Waals surface area (Å²) in [5.41, 5.74) is 9.73. The van der Waals surface area contributed by atoms with Gasteiger partial charge in [-0.1, -0.05) is 41.2 Å². The van der Waals surface area contributed by atoms with E-state index >= 15 is 0 Å². The number of anilines is 5. The van der Waals surface area contributed by atoms with Crippen molar-refractivity contribution in [2.24, 2.45) is 0 Å². The Kier molecular flexibility index (Phi) is 3.91. The summed E-state index contributed by atoms with van der Waals surface area (Å²) in [6, 6.07) is 16.0. The fraction of sp³-hybridized carbons (Fsp3) is 0.0556. The van der Waals surface area contributed by atoms with Crippen LogP contribution in [-0.4, -0.2) is 15.0 Å². The van der Waals surface area contributed by atoms with Crippen LogP contribution in [0.1, 0.15) is 5.56 Å². The van der Waals surface area contributed by atoms with Crippen LogP contribution in [-0.2, 0) is 0 Å². The van der Waals surface area contributed by atoms with Crippen molar-refractivity contribution in [1.82, 2.24) is 15.0 Å². The van der Waals surface area contributed by atoms with Crippen molar-refractivity contribution in [3.63, 3.8) is 0 Å². The summed E-state index contributed by atoms with van der Waals surface area (Å²) in [7, 11) is 0. The largest absolute Gasteiger partial charge is 0.393 e. The molecule has 4 aromatic rings. The number of thiazole rings is 1. The van der Waals surface area contributed by atoms with Gasteiger partial charge in [0.05, 0.1) is 10.2 Å². The number of benzene rings is 2. The Morgan fingerprint density at radius 2 is 1.64 bits per heavy atom. The van der Waals surface area contributed by atoms with Gasteiger partial charge in [-0.3, -0.25) is 0 Å². The quantitative estimate of drug-likeness (QED) is 0.504. The van der Waals surface area contributed by atoms with Crippen LogP contribution in [0.25, 0.3) is 10.2 Å². The molecule has 0 unspecified atom stereocenters. The number of aryl methyl sites for hydroxylation is 1. The van der Waals surface area contributed by atoms with Crippen molar-refractivity contribution < 1.29 is 0 Å². The number of aromatic nitrogens is 3. The lowest BCUT2D eigenvalue weighted by molar-refractivity contribution is 1.17. The molecule has 2 heterocycles. The Balaban J connectivity index is 1.61. The Hall–Kier alpha value is -3.19. The van der Waals surface area contributed by atoms with Crippen LogP contribution in [0.15, 0.2) is 54.9 Å². The first-order valence-electron chi connectivity index (χ1n) is 7.76. The van der Waals surface area contributed by atoms with Gasteiger partial charge in [-0.15, -0.1) is 0 Å². The number of nitrogens with one attached hydrogen (secondary N) is 2. The molecule has 0 fully saturated rings. The van der Waals surface area contributed by atoms with Crippen molar-refractivity contribution in [2.75, 3.05) is 16.4 Å². The minimum Gasteiger partial charge on any atom is -0.393 e. The predicted octanol–water partition coefficient (Wildman–Crippen LogP) is 4.46. The Morgan fingerprint density at radius 3 is 2.40 bits per heavy atom. The molecule has 4 N–H and O–H groups in total. The van der Waals surface area contributed by atoms with Gasteiger partial charge in [0.15, 0.2) is 16.8 Å². The summed E-state index contributed by atoms with van der Waals surface area (Å²) in [6.45, 7) is 2.04. The highest BCUT2D eigenvalue weighted by Crippen LogP contribution is 2.31. The van der Waals surface area contributed by atoms with E-state index in [-0.39, 0.29) is 0 Å². The van der Waals surface area contributed by atoms with Gasteiger partial charge in [0, 0.05) is 5.69 Å². The van der Waals surface area contributed by atoms with E-state index in [1.165, 1.54) is 11.9 Å². The molecule has 0 aliphatic heterocycles. The molecule has 25 heavy (non-hydrogen) atoms. The topological polar surface area (TPSA) is 88.8 Å². The number of rotatable bonds is 4. The minimum atomic E-state index is 0.447. The van der Waals surface area contributed by atoms with Crippen LogP contribution >= 0.6 is 11.3 Å². The monoisotopic (exact) mass is 348 g/mol. The average molecular weight is 348 g/mol. The van der Waals surface area contributed by atoms with Gasteiger partial charge < -0.3 is 16.4 Å². The highest BCUT2D eigenvalue weighted by molar-refractivity contribution is 7.22. The number of hydrogen-bond acceptors (Lipinski definition) is 7. The normalized spacial score (nSPS) is 10.8. The summed E-state index contributed by atoms with van der Waals surface area (Å²) in [4.78, 5) is 13.0. The third-order valence-corrected chi connectivity index (χ3v) is 4.67. The van der Waals surface area contributed by atoms with E-state index in [9.17, 15) is 0 Å². The summed E-state index contributed by atoms with van der Waals surface area (Å²) < 4.78 is 1.11. The van der Waals surface area contributed by atoms with Gasteiger partial charge in [-0.2, -0.15) is 0 Å². The molecule has 0 saturated heterocycles. The van der Waals surface area contributed by atoms with Crippen LogP contribution in [0.5, 0.6) is 0 Å². The van der Waals surface area contributed by atoms with E-state index in [4.69, 9.17) is 5.73 Å². The SMILES string of the molecule is Cc1ccc(Nc2ncnc(Nc3nc4ccccc4s3)c2N)cc1. The maximum absolute atomic E-state index is 6.23. The van der Waals surface area contributed by atoms with Crippen molar-refractivity contribution in [1.29, 1.82) is 0 Å². The molecule has 0 aliphatic carbocycles. The first-order chi connectivity index (χ1) is 12.2. The van der Waals surface area contributed by atoms with E-state index in [1.54, 1.807) is 11.3 Å². The molecular formula is C18H16N6S. The molecule has 0 radical (unpaired) electrons. The molecule has 2 aromatic carbocycles. The minimum absolute atomic E-state index is 0.447. The van der Waals surface area contributed by atoms with Crippen molar-refractivity contribution in [3.8, 4) is 0 Å². The predicted molar refractivity (Wildman–Crippen MR) is 104 cm³/mol. The molecule has 124 valence electrons. The smallest absolute Gasteiger partial charge is 0.189 e. The van der Waals surface area contributed by atoms with Gasteiger partial charge in [0.1, 0.15) is 12.0 Å². The maximum Gasteiger partial charge on any atom is 0.189 e. The zero-order valence-corrected chi connectivity index (χ0v) is 14.3. The van der Waals surface area contributed by atoms with Crippen molar-refractivity contribution in [2.45, 2.75) is 6.92 Å². The number of nitrogens with zero attached hydrogens (tertiary/aromatic N) is 3. The molecule has 0 spiro atoms. The first kappa shape index (κ1) is 15.3. The molecule has 7 heteroatoms. The van der Waals surface area contributed by atoms with Crippen molar-refractivity contribution >= 4 is 49.7 Å². The third-order valence-electron chi connectivity index (χ3n) is 3.72. The second kappa shape index (κ2) is 6.37. The lowest BCUT2D eigenvalue weighted by Gasteiger charge is -2.11. The van der Waals surface area contributed by atoms with E-state index in [0.29, 0.717) is 17.3 Å². The van der Waals surface area contributed by atoms with Crippen LogP contribution in [0.2, 0.25) is 0 Å². The highest BCUT2D eigenvalue weighted by Gasteiger charge is 2.11. The van der Waals surface area contributed by atoms with Gasteiger partial charge in [-0.05, 0) is 31.2 Å². The molecule has 0 saturated carbocycles. The van der Waals surface area contributed by atoms with Crippen LogP contribution in [0.3, 0.4) is 0 Å².